The molecule has 2 heterocycles. The number of hydrogen-bond acceptors (Lipinski definition) is 4. The van der Waals surface area contributed by atoms with Gasteiger partial charge in [0.15, 0.2) is 0 Å². The van der Waals surface area contributed by atoms with Crippen LogP contribution in [0.4, 0.5) is 10.5 Å². The molecule has 0 aliphatic carbocycles. The van der Waals surface area contributed by atoms with Crippen molar-refractivity contribution in [3.8, 4) is 0 Å². The molecule has 4 amide bonds. The molecular weight excluding hydrogens is 383 g/mol. The van der Waals surface area contributed by atoms with Crippen LogP contribution in [0.25, 0.3) is 0 Å². The smallest absolute Gasteiger partial charge is 0.319 e. The Morgan fingerprint density at radius 2 is 2.12 bits per heavy atom. The van der Waals surface area contributed by atoms with E-state index in [1.807, 2.05) is 0 Å². The Hall–Kier alpha value is -2.03. The molecular formula is C16H18Cl2N4O4. The van der Waals surface area contributed by atoms with Gasteiger partial charge in [-0.15, -0.1) is 0 Å². The maximum Gasteiger partial charge on any atom is 0.319 e. The van der Waals surface area contributed by atoms with Gasteiger partial charge in [-0.25, -0.2) is 4.79 Å². The number of benzene rings is 1. The Morgan fingerprint density at radius 3 is 2.81 bits per heavy atom. The molecule has 2 aliphatic heterocycles. The monoisotopic (exact) mass is 400 g/mol. The van der Waals surface area contributed by atoms with Crippen molar-refractivity contribution < 1.29 is 19.5 Å². The second-order valence-electron chi connectivity index (χ2n) is 6.37. The van der Waals surface area contributed by atoms with Crippen molar-refractivity contribution >= 4 is 46.7 Å². The Kier molecular flexibility index (Phi) is 5.27. The third kappa shape index (κ3) is 3.58. The van der Waals surface area contributed by atoms with Crippen LogP contribution >= 0.6 is 23.2 Å². The maximum absolute atomic E-state index is 12.4. The SMILES string of the molecule is C[C@@H](O)[C@@H]1NC(=O)[C@@H]2C[C@H](NC(=O)Nc3cccc(Cl)c3Cl)CN2C1=O. The second-order valence-corrected chi connectivity index (χ2v) is 7.15. The maximum atomic E-state index is 12.4. The lowest BCUT2D eigenvalue weighted by atomic mass is 10.0. The molecule has 1 aromatic carbocycles. The number of aliphatic hydroxyl groups is 1. The number of nitrogens with zero attached hydrogens (tertiary/aromatic N) is 1. The number of aliphatic hydroxyl groups excluding tert-OH is 1. The summed E-state index contributed by atoms with van der Waals surface area (Å²) in [6.07, 6.45) is -0.700. The molecule has 2 fully saturated rings. The van der Waals surface area contributed by atoms with Crippen LogP contribution in [0, 0.1) is 0 Å². The Bertz CT molecular complexity index is 758. The largest absolute Gasteiger partial charge is 0.391 e. The number of amides is 4. The van der Waals surface area contributed by atoms with Gasteiger partial charge in [0.2, 0.25) is 11.8 Å². The summed E-state index contributed by atoms with van der Waals surface area (Å²) in [4.78, 5) is 38.2. The molecule has 4 atom stereocenters. The molecule has 0 spiro atoms. The number of anilines is 1. The van der Waals surface area contributed by atoms with Crippen LogP contribution in [0.2, 0.25) is 10.0 Å². The molecule has 0 saturated carbocycles. The molecule has 0 radical (unpaired) electrons. The predicted octanol–water partition coefficient (Wildman–Crippen LogP) is 0.964. The first-order valence-electron chi connectivity index (χ1n) is 8.08. The summed E-state index contributed by atoms with van der Waals surface area (Å²) in [5, 5.41) is 18.0. The van der Waals surface area contributed by atoms with E-state index in [1.165, 1.54) is 11.8 Å². The van der Waals surface area contributed by atoms with E-state index in [9.17, 15) is 19.5 Å². The van der Waals surface area contributed by atoms with E-state index >= 15 is 0 Å². The van der Waals surface area contributed by atoms with Crippen LogP contribution in [0.5, 0.6) is 0 Å². The molecule has 0 bridgehead atoms. The van der Waals surface area contributed by atoms with Gasteiger partial charge in [-0.3, -0.25) is 9.59 Å². The van der Waals surface area contributed by atoms with Crippen molar-refractivity contribution in [2.75, 3.05) is 11.9 Å². The zero-order valence-electron chi connectivity index (χ0n) is 13.8. The van der Waals surface area contributed by atoms with Crippen molar-refractivity contribution in [1.82, 2.24) is 15.5 Å². The van der Waals surface area contributed by atoms with Gasteiger partial charge in [0.25, 0.3) is 0 Å². The summed E-state index contributed by atoms with van der Waals surface area (Å²) in [6, 6.07) is 2.33. The highest BCUT2D eigenvalue weighted by atomic mass is 35.5. The molecule has 10 heteroatoms. The molecule has 140 valence electrons. The first-order valence-corrected chi connectivity index (χ1v) is 8.84. The van der Waals surface area contributed by atoms with Crippen molar-refractivity contribution in [3.05, 3.63) is 28.2 Å². The van der Waals surface area contributed by atoms with Crippen LogP contribution in [0.15, 0.2) is 18.2 Å². The van der Waals surface area contributed by atoms with Crippen molar-refractivity contribution in [2.24, 2.45) is 0 Å². The topological polar surface area (TPSA) is 111 Å². The molecule has 1 aromatic rings. The average Bonchev–Trinajstić information content (AvgIpc) is 2.99. The van der Waals surface area contributed by atoms with Gasteiger partial charge < -0.3 is 26.0 Å². The molecule has 8 nitrogen and oxygen atoms in total. The second kappa shape index (κ2) is 7.30. The molecule has 26 heavy (non-hydrogen) atoms. The van der Waals surface area contributed by atoms with Gasteiger partial charge in [0, 0.05) is 6.54 Å². The van der Waals surface area contributed by atoms with E-state index < -0.39 is 30.3 Å². The summed E-state index contributed by atoms with van der Waals surface area (Å²) < 4.78 is 0. The van der Waals surface area contributed by atoms with E-state index in [-0.39, 0.29) is 23.4 Å². The van der Waals surface area contributed by atoms with Crippen molar-refractivity contribution in [3.63, 3.8) is 0 Å². The number of piperazine rings is 1. The lowest BCUT2D eigenvalue weighted by molar-refractivity contribution is -0.149. The lowest BCUT2D eigenvalue weighted by Gasteiger charge is -2.35. The number of carbonyl (C=O) groups excluding carboxylic acids is 3. The summed E-state index contributed by atoms with van der Waals surface area (Å²) in [5.41, 5.74) is 0.357. The molecule has 3 rings (SSSR count). The predicted molar refractivity (Wildman–Crippen MR) is 96.1 cm³/mol. The van der Waals surface area contributed by atoms with E-state index in [2.05, 4.69) is 16.0 Å². The zero-order valence-corrected chi connectivity index (χ0v) is 15.3. The number of fused-ring (bicyclic) bond motifs is 1. The molecule has 4 N–H and O–H groups in total. The Balaban J connectivity index is 1.64. The number of urea groups is 1. The van der Waals surface area contributed by atoms with E-state index in [4.69, 9.17) is 23.2 Å². The number of nitrogens with one attached hydrogen (secondary N) is 3. The highest BCUT2D eigenvalue weighted by Gasteiger charge is 2.47. The fourth-order valence-electron chi connectivity index (χ4n) is 3.19. The zero-order chi connectivity index (χ0) is 19.0. The quantitative estimate of drug-likeness (QED) is 0.605. The van der Waals surface area contributed by atoms with Gasteiger partial charge in [-0.1, -0.05) is 29.3 Å². The van der Waals surface area contributed by atoms with Gasteiger partial charge >= 0.3 is 6.03 Å². The van der Waals surface area contributed by atoms with E-state index in [1.54, 1.807) is 18.2 Å². The summed E-state index contributed by atoms with van der Waals surface area (Å²) in [7, 11) is 0. The van der Waals surface area contributed by atoms with E-state index in [0.717, 1.165) is 0 Å². The third-order valence-electron chi connectivity index (χ3n) is 4.47. The van der Waals surface area contributed by atoms with Crippen LogP contribution in [0.3, 0.4) is 0 Å². The first-order chi connectivity index (χ1) is 12.3. The first kappa shape index (κ1) is 18.8. The number of hydrogen-bond donors (Lipinski definition) is 4. The molecule has 0 aromatic heterocycles. The highest BCUT2D eigenvalue weighted by molar-refractivity contribution is 6.43. The number of rotatable bonds is 3. The summed E-state index contributed by atoms with van der Waals surface area (Å²) in [6.45, 7) is 1.63. The van der Waals surface area contributed by atoms with Crippen molar-refractivity contribution in [1.29, 1.82) is 0 Å². The average molecular weight is 401 g/mol. The van der Waals surface area contributed by atoms with Gasteiger partial charge in [0.05, 0.1) is 27.9 Å². The van der Waals surface area contributed by atoms with Crippen LogP contribution < -0.4 is 16.0 Å². The fourth-order valence-corrected chi connectivity index (χ4v) is 3.54. The standard InChI is InChI=1S/C16H18Cl2N4O4/c1-7(23)13-15(25)22-6-8(5-11(22)14(24)21-13)19-16(26)20-10-4-2-3-9(17)12(10)18/h2-4,7-8,11,13,23H,5-6H2,1H3,(H,21,24)(H2,19,20,26)/t7-,8+,11+,13+/m1/s1. The number of carbonyl (C=O) groups is 3. The lowest BCUT2D eigenvalue weighted by Crippen LogP contribution is -2.64. The van der Waals surface area contributed by atoms with Crippen LogP contribution in [-0.4, -0.2) is 58.6 Å². The van der Waals surface area contributed by atoms with E-state index in [0.29, 0.717) is 17.1 Å². The molecule has 2 aliphatic rings. The van der Waals surface area contributed by atoms with Crippen LogP contribution in [0.1, 0.15) is 13.3 Å². The minimum absolute atomic E-state index is 0.191. The Labute approximate surface area is 159 Å². The summed E-state index contributed by atoms with van der Waals surface area (Å²) in [5.74, 6) is -0.690. The van der Waals surface area contributed by atoms with Gasteiger partial charge in [-0.05, 0) is 25.5 Å². The molecule has 0 unspecified atom stereocenters. The third-order valence-corrected chi connectivity index (χ3v) is 5.29. The normalized spacial score (nSPS) is 26.2. The summed E-state index contributed by atoms with van der Waals surface area (Å²) >= 11 is 11.9. The minimum Gasteiger partial charge on any atom is -0.391 e. The minimum atomic E-state index is -0.993. The van der Waals surface area contributed by atoms with Gasteiger partial charge in [-0.2, -0.15) is 0 Å². The number of halogens is 2. The van der Waals surface area contributed by atoms with Gasteiger partial charge in [0.1, 0.15) is 12.1 Å². The van der Waals surface area contributed by atoms with Crippen molar-refractivity contribution in [2.45, 2.75) is 37.6 Å². The van der Waals surface area contributed by atoms with Crippen LogP contribution in [-0.2, 0) is 9.59 Å². The fraction of sp³-hybridized carbons (Fsp3) is 0.438. The highest BCUT2D eigenvalue weighted by Crippen LogP contribution is 2.29. The Morgan fingerprint density at radius 1 is 1.38 bits per heavy atom. The molecule has 2 saturated heterocycles.